The fourth-order valence-corrected chi connectivity index (χ4v) is 4.57. The fraction of sp³-hybridized carbons (Fsp3) is 0.526. The number of aryl methyl sites for hydroxylation is 1. The van der Waals surface area contributed by atoms with Crippen LogP contribution in [0.5, 0.6) is 0 Å². The number of carbonyl (C=O) groups excluding carboxylic acids is 1. The van der Waals surface area contributed by atoms with Gasteiger partial charge in [-0.1, -0.05) is 6.92 Å². The smallest absolute Gasteiger partial charge is 0.253 e. The number of pyridine rings is 1. The van der Waals surface area contributed by atoms with Crippen molar-refractivity contribution in [3.8, 4) is 0 Å². The summed E-state index contributed by atoms with van der Waals surface area (Å²) in [7, 11) is 0. The van der Waals surface area contributed by atoms with Crippen molar-refractivity contribution in [2.45, 2.75) is 38.8 Å². The minimum atomic E-state index is -0.0992. The van der Waals surface area contributed by atoms with Gasteiger partial charge in [0.25, 0.3) is 5.91 Å². The number of anilines is 1. The number of amides is 1. The van der Waals surface area contributed by atoms with E-state index in [0.717, 1.165) is 42.6 Å². The Kier molecular flexibility index (Phi) is 5.17. The van der Waals surface area contributed by atoms with Crippen LogP contribution < -0.4 is 10.2 Å². The molecule has 0 aromatic carbocycles. The first-order valence-electron chi connectivity index (χ1n) is 9.39. The van der Waals surface area contributed by atoms with Crippen LogP contribution >= 0.6 is 11.3 Å². The maximum Gasteiger partial charge on any atom is 0.253 e. The van der Waals surface area contributed by atoms with E-state index in [2.05, 4.69) is 32.0 Å². The molecule has 4 rings (SSSR count). The number of carbonyl (C=O) groups is 1. The molecule has 6 nitrogen and oxygen atoms in total. The van der Waals surface area contributed by atoms with Crippen LogP contribution in [-0.4, -0.2) is 53.0 Å². The van der Waals surface area contributed by atoms with Gasteiger partial charge in [0.05, 0.1) is 17.8 Å². The van der Waals surface area contributed by atoms with E-state index in [-0.39, 0.29) is 5.91 Å². The van der Waals surface area contributed by atoms with Crippen LogP contribution in [0.1, 0.15) is 40.8 Å². The van der Waals surface area contributed by atoms with Crippen molar-refractivity contribution >= 4 is 23.1 Å². The second kappa shape index (κ2) is 7.72. The van der Waals surface area contributed by atoms with Crippen LogP contribution in [-0.2, 0) is 13.0 Å². The lowest BCUT2D eigenvalue weighted by molar-refractivity contribution is 0.0950. The quantitative estimate of drug-likeness (QED) is 0.874. The lowest BCUT2D eigenvalue weighted by atomic mass is 10.1. The highest BCUT2D eigenvalue weighted by atomic mass is 32.1. The molecule has 7 heteroatoms. The highest BCUT2D eigenvalue weighted by Crippen LogP contribution is 2.24. The summed E-state index contributed by atoms with van der Waals surface area (Å²) >= 11 is 1.59. The van der Waals surface area contributed by atoms with Crippen molar-refractivity contribution < 1.29 is 4.79 Å². The zero-order chi connectivity index (χ0) is 17.9. The molecule has 0 spiro atoms. The zero-order valence-electron chi connectivity index (χ0n) is 15.1. The second-order valence-corrected chi connectivity index (χ2v) is 7.89. The first kappa shape index (κ1) is 17.4. The molecule has 1 atom stereocenters. The Hall–Kier alpha value is -1.99. The van der Waals surface area contributed by atoms with Gasteiger partial charge >= 0.3 is 0 Å². The predicted octanol–water partition coefficient (Wildman–Crippen LogP) is 2.31. The van der Waals surface area contributed by atoms with E-state index in [1.165, 1.54) is 19.4 Å². The summed E-state index contributed by atoms with van der Waals surface area (Å²) in [4.78, 5) is 26.3. The number of nitrogens with one attached hydrogen (secondary N) is 1. The fourth-order valence-electron chi connectivity index (χ4n) is 3.76. The number of fused-ring (bicyclic) bond motifs is 1. The Morgan fingerprint density at radius 3 is 3.04 bits per heavy atom. The van der Waals surface area contributed by atoms with E-state index in [1.54, 1.807) is 17.5 Å². The lowest BCUT2D eigenvalue weighted by Crippen LogP contribution is -2.50. The molecule has 2 aliphatic heterocycles. The number of aromatic nitrogens is 2. The molecule has 26 heavy (non-hydrogen) atoms. The summed E-state index contributed by atoms with van der Waals surface area (Å²) < 4.78 is 0. The molecule has 4 heterocycles. The number of hydrogen-bond donors (Lipinski definition) is 1. The van der Waals surface area contributed by atoms with Gasteiger partial charge in [0, 0.05) is 37.3 Å². The Labute approximate surface area is 158 Å². The van der Waals surface area contributed by atoms with Crippen LogP contribution in [0.25, 0.3) is 0 Å². The van der Waals surface area contributed by atoms with E-state index in [4.69, 9.17) is 0 Å². The van der Waals surface area contributed by atoms with Gasteiger partial charge in [0.15, 0.2) is 0 Å². The number of thiazole rings is 1. The van der Waals surface area contributed by atoms with Crippen LogP contribution in [0.2, 0.25) is 0 Å². The highest BCUT2D eigenvalue weighted by molar-refractivity contribution is 7.09. The average molecular weight is 372 g/mol. The zero-order valence-corrected chi connectivity index (χ0v) is 16.0. The van der Waals surface area contributed by atoms with E-state index < -0.39 is 0 Å². The summed E-state index contributed by atoms with van der Waals surface area (Å²) in [5, 5.41) is 5.91. The van der Waals surface area contributed by atoms with Crippen LogP contribution in [0.15, 0.2) is 23.7 Å². The van der Waals surface area contributed by atoms with Crippen LogP contribution in [0.4, 0.5) is 5.82 Å². The summed E-state index contributed by atoms with van der Waals surface area (Å²) in [5.41, 5.74) is 1.67. The maximum absolute atomic E-state index is 12.3. The third-order valence-electron chi connectivity index (χ3n) is 5.28. The van der Waals surface area contributed by atoms with Crippen molar-refractivity contribution in [3.63, 3.8) is 0 Å². The minimum Gasteiger partial charge on any atom is -0.354 e. The molecular formula is C19H25N5OS. The highest BCUT2D eigenvalue weighted by Gasteiger charge is 2.30. The van der Waals surface area contributed by atoms with Crippen LogP contribution in [0, 0.1) is 0 Å². The van der Waals surface area contributed by atoms with Gasteiger partial charge in [-0.2, -0.15) is 0 Å². The molecule has 138 valence electrons. The molecular weight excluding hydrogens is 346 g/mol. The summed E-state index contributed by atoms with van der Waals surface area (Å²) in [6.45, 7) is 6.96. The molecule has 2 saturated heterocycles. The van der Waals surface area contributed by atoms with Gasteiger partial charge in [-0.25, -0.2) is 9.97 Å². The predicted molar refractivity (Wildman–Crippen MR) is 104 cm³/mol. The van der Waals surface area contributed by atoms with Gasteiger partial charge in [0.1, 0.15) is 10.8 Å². The number of hydrogen-bond acceptors (Lipinski definition) is 6. The standard InChI is InChI=1S/C19H25N5OS/c1-2-15-13-26-18(22-15)11-21-19(25)14-5-6-17(20-10-14)24-9-8-23-7-3-4-16(23)12-24/h5-6,10,13,16H,2-4,7-9,11-12H2,1H3,(H,21,25)/t16-/m1/s1. The average Bonchev–Trinajstić information content (AvgIpc) is 3.34. The Morgan fingerprint density at radius 2 is 2.27 bits per heavy atom. The molecule has 0 radical (unpaired) electrons. The Balaban J connectivity index is 1.34. The molecule has 2 fully saturated rings. The van der Waals surface area contributed by atoms with Crippen molar-refractivity contribution in [1.29, 1.82) is 0 Å². The molecule has 2 aromatic rings. The summed E-state index contributed by atoms with van der Waals surface area (Å²) in [5.74, 6) is 0.874. The number of nitrogens with zero attached hydrogens (tertiary/aromatic N) is 4. The first-order chi connectivity index (χ1) is 12.7. The Bertz CT molecular complexity index is 760. The van der Waals surface area contributed by atoms with Crippen molar-refractivity contribution in [3.05, 3.63) is 40.0 Å². The minimum absolute atomic E-state index is 0.0992. The molecule has 2 aromatic heterocycles. The second-order valence-electron chi connectivity index (χ2n) is 6.95. The van der Waals surface area contributed by atoms with Crippen molar-refractivity contribution in [1.82, 2.24) is 20.2 Å². The Morgan fingerprint density at radius 1 is 1.35 bits per heavy atom. The molecule has 0 aliphatic carbocycles. The molecule has 1 N–H and O–H groups in total. The molecule has 2 aliphatic rings. The third-order valence-corrected chi connectivity index (χ3v) is 6.18. The van der Waals surface area contributed by atoms with E-state index in [0.29, 0.717) is 18.2 Å². The first-order valence-corrected chi connectivity index (χ1v) is 10.3. The maximum atomic E-state index is 12.3. The molecule has 0 bridgehead atoms. The number of rotatable bonds is 5. The largest absolute Gasteiger partial charge is 0.354 e. The lowest BCUT2D eigenvalue weighted by Gasteiger charge is -2.38. The van der Waals surface area contributed by atoms with E-state index in [1.807, 2.05) is 17.5 Å². The normalized spacial score (nSPS) is 20.2. The number of piperazine rings is 1. The molecule has 0 saturated carbocycles. The molecule has 1 amide bonds. The van der Waals surface area contributed by atoms with E-state index in [9.17, 15) is 4.79 Å². The summed E-state index contributed by atoms with van der Waals surface area (Å²) in [6, 6.07) is 4.51. The van der Waals surface area contributed by atoms with E-state index >= 15 is 0 Å². The molecule has 0 unspecified atom stereocenters. The van der Waals surface area contributed by atoms with Crippen molar-refractivity contribution in [2.24, 2.45) is 0 Å². The van der Waals surface area contributed by atoms with Crippen LogP contribution in [0.3, 0.4) is 0 Å². The van der Waals surface area contributed by atoms with Gasteiger partial charge in [-0.15, -0.1) is 11.3 Å². The van der Waals surface area contributed by atoms with Gasteiger partial charge in [0.2, 0.25) is 0 Å². The SMILES string of the molecule is CCc1csc(CNC(=O)c2ccc(N3CCN4CCC[C@@H]4C3)nc2)n1. The van der Waals surface area contributed by atoms with Crippen molar-refractivity contribution in [2.75, 3.05) is 31.1 Å². The summed E-state index contributed by atoms with van der Waals surface area (Å²) in [6.07, 6.45) is 5.20. The van der Waals surface area contributed by atoms with Gasteiger partial charge < -0.3 is 10.2 Å². The van der Waals surface area contributed by atoms with Gasteiger partial charge in [-0.3, -0.25) is 9.69 Å². The third kappa shape index (κ3) is 3.73. The monoisotopic (exact) mass is 371 g/mol. The van der Waals surface area contributed by atoms with Gasteiger partial charge in [-0.05, 0) is 37.9 Å². The topological polar surface area (TPSA) is 61.4 Å².